The van der Waals surface area contributed by atoms with Gasteiger partial charge >= 0.3 is 5.97 Å². The van der Waals surface area contributed by atoms with Gasteiger partial charge in [-0.15, -0.1) is 11.8 Å². The molecule has 120 valence electrons. The minimum Gasteiger partial charge on any atom is -0.495 e. The number of ether oxygens (including phenoxy) is 3. The second kappa shape index (κ2) is 6.53. The van der Waals surface area contributed by atoms with Crippen molar-refractivity contribution in [2.45, 2.75) is 11.8 Å². The van der Waals surface area contributed by atoms with Crippen molar-refractivity contribution in [3.8, 4) is 5.75 Å². The molecular formula is C14H17NO6S. The van der Waals surface area contributed by atoms with Crippen LogP contribution >= 0.6 is 11.8 Å². The zero-order chi connectivity index (χ0) is 16.3. The van der Waals surface area contributed by atoms with Crippen LogP contribution in [0, 0.1) is 15.5 Å². The number of carbonyl (C=O) groups excluding carboxylic acids is 1. The van der Waals surface area contributed by atoms with Crippen molar-refractivity contribution in [3.63, 3.8) is 0 Å². The first kappa shape index (κ1) is 16.6. The number of thioether (sulfide) groups is 1. The normalized spacial score (nSPS) is 15.8. The Labute approximate surface area is 132 Å². The summed E-state index contributed by atoms with van der Waals surface area (Å²) in [6.07, 6.45) is 1.80. The van der Waals surface area contributed by atoms with Crippen molar-refractivity contribution in [2.75, 3.05) is 33.2 Å². The lowest BCUT2D eigenvalue weighted by Gasteiger charge is -2.37. The van der Waals surface area contributed by atoms with E-state index in [1.807, 2.05) is 6.92 Å². The van der Waals surface area contributed by atoms with Crippen molar-refractivity contribution < 1.29 is 23.9 Å². The molecule has 0 N–H and O–H groups in total. The standard InChI is InChI=1S/C14H17NO6S/c1-14(6-20-7-14)8-21-13(16)9-4-12(22-3)11(19-2)5-10(9)15(17)18/h4-5H,6-8H2,1-3H3. The van der Waals surface area contributed by atoms with Gasteiger partial charge in [0.15, 0.2) is 0 Å². The summed E-state index contributed by atoms with van der Waals surface area (Å²) in [6, 6.07) is 2.68. The van der Waals surface area contributed by atoms with Gasteiger partial charge in [-0.05, 0) is 12.3 Å². The fraction of sp³-hybridized carbons (Fsp3) is 0.500. The summed E-state index contributed by atoms with van der Waals surface area (Å²) >= 11 is 1.34. The van der Waals surface area contributed by atoms with E-state index in [4.69, 9.17) is 14.2 Å². The van der Waals surface area contributed by atoms with Crippen LogP contribution in [-0.4, -0.2) is 44.1 Å². The van der Waals surface area contributed by atoms with Crippen LogP contribution in [0.3, 0.4) is 0 Å². The molecule has 0 unspecified atom stereocenters. The molecule has 7 nitrogen and oxygen atoms in total. The molecule has 1 heterocycles. The summed E-state index contributed by atoms with van der Waals surface area (Å²) in [5.74, 6) is -0.354. The van der Waals surface area contributed by atoms with E-state index in [1.54, 1.807) is 6.26 Å². The maximum atomic E-state index is 12.2. The monoisotopic (exact) mass is 327 g/mol. The Hall–Kier alpha value is -1.80. The number of methoxy groups -OCH3 is 1. The molecule has 1 fully saturated rings. The Morgan fingerprint density at radius 1 is 1.50 bits per heavy atom. The van der Waals surface area contributed by atoms with Gasteiger partial charge < -0.3 is 14.2 Å². The van der Waals surface area contributed by atoms with Crippen LogP contribution in [-0.2, 0) is 9.47 Å². The van der Waals surface area contributed by atoms with Crippen LogP contribution in [0.2, 0.25) is 0 Å². The van der Waals surface area contributed by atoms with Gasteiger partial charge in [0, 0.05) is 5.41 Å². The first-order chi connectivity index (χ1) is 10.4. The van der Waals surface area contributed by atoms with Crippen LogP contribution in [0.25, 0.3) is 0 Å². The molecule has 0 saturated carbocycles. The second-order valence-corrected chi connectivity index (χ2v) is 6.21. The number of benzene rings is 1. The molecule has 0 amide bonds. The molecule has 22 heavy (non-hydrogen) atoms. The molecule has 0 spiro atoms. The van der Waals surface area contributed by atoms with Gasteiger partial charge in [-0.25, -0.2) is 4.79 Å². The van der Waals surface area contributed by atoms with E-state index in [2.05, 4.69) is 0 Å². The summed E-state index contributed by atoms with van der Waals surface area (Å²) in [6.45, 7) is 3.13. The third-order valence-electron chi connectivity index (χ3n) is 3.37. The third-order valence-corrected chi connectivity index (χ3v) is 4.13. The zero-order valence-corrected chi connectivity index (χ0v) is 13.4. The average molecular weight is 327 g/mol. The molecule has 0 aromatic heterocycles. The quantitative estimate of drug-likeness (QED) is 0.343. The van der Waals surface area contributed by atoms with Crippen LogP contribution in [0.5, 0.6) is 5.75 Å². The molecule has 0 radical (unpaired) electrons. The molecule has 1 aliphatic rings. The molecule has 2 rings (SSSR count). The Balaban J connectivity index is 2.27. The van der Waals surface area contributed by atoms with Gasteiger partial charge in [0.2, 0.25) is 0 Å². The van der Waals surface area contributed by atoms with Crippen molar-refractivity contribution in [1.29, 1.82) is 0 Å². The summed E-state index contributed by atoms with van der Waals surface area (Å²) in [5, 5.41) is 11.2. The van der Waals surface area contributed by atoms with Crippen molar-refractivity contribution in [1.82, 2.24) is 0 Å². The highest BCUT2D eigenvalue weighted by Crippen LogP contribution is 2.35. The Bertz CT molecular complexity index is 599. The van der Waals surface area contributed by atoms with Gasteiger partial charge in [-0.1, -0.05) is 6.92 Å². The largest absolute Gasteiger partial charge is 0.495 e. The van der Waals surface area contributed by atoms with E-state index in [0.717, 1.165) is 0 Å². The van der Waals surface area contributed by atoms with Gasteiger partial charge in [0.1, 0.15) is 17.9 Å². The van der Waals surface area contributed by atoms with E-state index in [9.17, 15) is 14.9 Å². The van der Waals surface area contributed by atoms with Crippen molar-refractivity contribution in [3.05, 3.63) is 27.8 Å². The summed E-state index contributed by atoms with van der Waals surface area (Å²) < 4.78 is 15.4. The number of hydrogen-bond donors (Lipinski definition) is 0. The highest BCUT2D eigenvalue weighted by atomic mass is 32.2. The van der Waals surface area contributed by atoms with Crippen LogP contribution in [0.1, 0.15) is 17.3 Å². The minimum atomic E-state index is -0.710. The highest BCUT2D eigenvalue weighted by molar-refractivity contribution is 7.98. The summed E-state index contributed by atoms with van der Waals surface area (Å²) in [7, 11) is 1.42. The van der Waals surface area contributed by atoms with Gasteiger partial charge in [-0.2, -0.15) is 0 Å². The van der Waals surface area contributed by atoms with E-state index in [0.29, 0.717) is 23.9 Å². The zero-order valence-electron chi connectivity index (χ0n) is 12.6. The third kappa shape index (κ3) is 3.33. The molecule has 1 aliphatic heterocycles. The average Bonchev–Trinajstić information content (AvgIpc) is 2.49. The molecule has 0 atom stereocenters. The smallest absolute Gasteiger partial charge is 0.345 e. The summed E-state index contributed by atoms with van der Waals surface area (Å²) in [5.41, 5.74) is -0.604. The maximum absolute atomic E-state index is 12.2. The number of nitro benzene ring substituents is 1. The lowest BCUT2D eigenvalue weighted by atomic mass is 9.90. The highest BCUT2D eigenvalue weighted by Gasteiger charge is 2.35. The first-order valence-electron chi connectivity index (χ1n) is 6.55. The van der Waals surface area contributed by atoms with Gasteiger partial charge in [0.05, 0.1) is 36.2 Å². The Morgan fingerprint density at radius 2 is 2.18 bits per heavy atom. The maximum Gasteiger partial charge on any atom is 0.345 e. The SMILES string of the molecule is COc1cc([N+](=O)[O-])c(C(=O)OCC2(C)COC2)cc1SC. The molecule has 1 saturated heterocycles. The predicted molar refractivity (Wildman–Crippen MR) is 80.6 cm³/mol. The Morgan fingerprint density at radius 3 is 2.64 bits per heavy atom. The predicted octanol–water partition coefficient (Wildman–Crippen LogP) is 2.52. The van der Waals surface area contributed by atoms with Crippen molar-refractivity contribution in [2.24, 2.45) is 5.41 Å². The number of esters is 1. The summed E-state index contributed by atoms with van der Waals surface area (Å²) in [4.78, 5) is 23.4. The van der Waals surface area contributed by atoms with E-state index in [-0.39, 0.29) is 23.3 Å². The molecular weight excluding hydrogens is 310 g/mol. The molecule has 1 aromatic rings. The minimum absolute atomic E-state index is 0.0704. The van der Waals surface area contributed by atoms with E-state index < -0.39 is 10.9 Å². The Kier molecular flexibility index (Phi) is 4.92. The van der Waals surface area contributed by atoms with Crippen LogP contribution in [0.15, 0.2) is 17.0 Å². The molecule has 0 bridgehead atoms. The van der Waals surface area contributed by atoms with Crippen LogP contribution < -0.4 is 4.74 Å². The van der Waals surface area contributed by atoms with Crippen molar-refractivity contribution >= 4 is 23.4 Å². The van der Waals surface area contributed by atoms with E-state index in [1.165, 1.54) is 31.0 Å². The number of nitrogens with zero attached hydrogens (tertiary/aromatic N) is 1. The topological polar surface area (TPSA) is 87.9 Å². The molecule has 0 aliphatic carbocycles. The lowest BCUT2D eigenvalue weighted by molar-refractivity contribution is -0.385. The number of hydrogen-bond acceptors (Lipinski definition) is 7. The number of rotatable bonds is 6. The van der Waals surface area contributed by atoms with Crippen LogP contribution in [0.4, 0.5) is 5.69 Å². The second-order valence-electron chi connectivity index (χ2n) is 5.36. The number of carbonyl (C=O) groups is 1. The lowest BCUT2D eigenvalue weighted by Crippen LogP contribution is -2.44. The fourth-order valence-electron chi connectivity index (χ4n) is 2.03. The van der Waals surface area contributed by atoms with Gasteiger partial charge in [-0.3, -0.25) is 10.1 Å². The van der Waals surface area contributed by atoms with Gasteiger partial charge in [0.25, 0.3) is 5.69 Å². The fourth-order valence-corrected chi connectivity index (χ4v) is 2.61. The molecule has 1 aromatic carbocycles. The number of nitro groups is 1. The molecule has 8 heteroatoms. The van der Waals surface area contributed by atoms with E-state index >= 15 is 0 Å². The first-order valence-corrected chi connectivity index (χ1v) is 7.78.